The van der Waals surface area contributed by atoms with E-state index in [1.165, 1.54) is 18.0 Å². The van der Waals surface area contributed by atoms with Crippen molar-refractivity contribution < 1.29 is 41.3 Å². The van der Waals surface area contributed by atoms with Crippen molar-refractivity contribution in [3.8, 4) is 5.75 Å². The van der Waals surface area contributed by atoms with Crippen LogP contribution in [0.15, 0.2) is 12.3 Å². The lowest BCUT2D eigenvalue weighted by Gasteiger charge is -2.76. The normalized spacial score (nSPS) is 38.3. The Morgan fingerprint density at radius 1 is 1.11 bits per heavy atom. The van der Waals surface area contributed by atoms with Gasteiger partial charge in [-0.05, 0) is 52.0 Å². The zero-order chi connectivity index (χ0) is 25.7. The number of rotatable bonds is 5. The van der Waals surface area contributed by atoms with Gasteiger partial charge in [0.1, 0.15) is 23.7 Å². The molecule has 2 aliphatic heterocycles. The average molecular weight is 509 g/mol. The van der Waals surface area contributed by atoms with Gasteiger partial charge in [0, 0.05) is 30.6 Å². The topological polar surface area (TPSA) is 77.9 Å². The van der Waals surface area contributed by atoms with Crippen molar-refractivity contribution in [2.45, 2.75) is 81.6 Å². The number of alkyl halides is 6. The van der Waals surface area contributed by atoms with Crippen LogP contribution in [-0.2, 0) is 6.18 Å². The maximum Gasteiger partial charge on any atom is 0.420 e. The summed E-state index contributed by atoms with van der Waals surface area (Å²) in [5.41, 5.74) is -5.76. The minimum atomic E-state index is -4.68. The minimum absolute atomic E-state index is 0.0309. The molecule has 0 spiro atoms. The molecule has 3 aliphatic carbocycles. The summed E-state index contributed by atoms with van der Waals surface area (Å²) in [7, 11) is 0. The Morgan fingerprint density at radius 3 is 2.29 bits per heavy atom. The Bertz CT molecular complexity index is 985. The minimum Gasteiger partial charge on any atom is -0.490 e. The highest BCUT2D eigenvalue weighted by atomic mass is 19.4. The van der Waals surface area contributed by atoms with E-state index in [1.54, 1.807) is 0 Å². The molecule has 2 saturated heterocycles. The van der Waals surface area contributed by atoms with Gasteiger partial charge >= 0.3 is 12.4 Å². The molecule has 0 unspecified atom stereocenters. The van der Waals surface area contributed by atoms with Gasteiger partial charge in [-0.25, -0.2) is 4.98 Å². The molecule has 6 rings (SSSR count). The number of aliphatic hydroxyl groups is 2. The van der Waals surface area contributed by atoms with Crippen LogP contribution in [0.25, 0.3) is 0 Å². The Balaban J connectivity index is 1.26. The van der Waals surface area contributed by atoms with E-state index in [4.69, 9.17) is 4.74 Å². The highest BCUT2D eigenvalue weighted by Gasteiger charge is 2.83. The fourth-order valence-electron chi connectivity index (χ4n) is 6.74. The highest BCUT2D eigenvalue weighted by molar-refractivity contribution is 5.54. The maximum absolute atomic E-state index is 13.7. The van der Waals surface area contributed by atoms with Crippen LogP contribution in [-0.4, -0.2) is 64.4 Å². The van der Waals surface area contributed by atoms with Crippen LogP contribution in [0, 0.1) is 10.8 Å². The summed E-state index contributed by atoms with van der Waals surface area (Å²) in [6.45, 7) is 3.35. The van der Waals surface area contributed by atoms with E-state index in [0.29, 0.717) is 6.42 Å². The molecule has 3 saturated carbocycles. The van der Waals surface area contributed by atoms with Crippen molar-refractivity contribution in [1.82, 2.24) is 10.3 Å². The highest BCUT2D eigenvalue weighted by Crippen LogP contribution is 2.82. The number of ether oxygens (including phenoxy) is 1. The largest absolute Gasteiger partial charge is 0.490 e. The Hall–Kier alpha value is -1.79. The van der Waals surface area contributed by atoms with Crippen molar-refractivity contribution in [3.05, 3.63) is 17.8 Å². The second-order valence-electron chi connectivity index (χ2n) is 11.5. The number of halogens is 6. The number of nitrogens with zero attached hydrogens (tertiary/aromatic N) is 2. The molecule has 2 bridgehead atoms. The summed E-state index contributed by atoms with van der Waals surface area (Å²) in [5.74, 6) is -0.379. The molecule has 1 aromatic rings. The number of nitrogens with one attached hydrogen (secondary N) is 1. The molecular weight excluding hydrogens is 480 g/mol. The van der Waals surface area contributed by atoms with Crippen LogP contribution >= 0.6 is 0 Å². The smallest absolute Gasteiger partial charge is 0.420 e. The average Bonchev–Trinajstić information content (AvgIpc) is 2.59. The number of hydrogen-bond acceptors (Lipinski definition) is 6. The third-order valence-corrected chi connectivity index (χ3v) is 8.33. The molecule has 0 aromatic carbocycles. The predicted octanol–water partition coefficient (Wildman–Crippen LogP) is 3.65. The van der Waals surface area contributed by atoms with Gasteiger partial charge in [-0.1, -0.05) is 0 Å². The fraction of sp³-hybridized carbons (Fsp3) is 0.783. The van der Waals surface area contributed by atoms with Gasteiger partial charge in [-0.3, -0.25) is 0 Å². The van der Waals surface area contributed by atoms with E-state index < -0.39 is 46.0 Å². The molecule has 196 valence electrons. The zero-order valence-electron chi connectivity index (χ0n) is 19.4. The second kappa shape index (κ2) is 7.38. The Morgan fingerprint density at radius 2 is 1.74 bits per heavy atom. The first-order chi connectivity index (χ1) is 16.0. The van der Waals surface area contributed by atoms with E-state index in [1.807, 2.05) is 6.92 Å². The zero-order valence-corrected chi connectivity index (χ0v) is 19.4. The van der Waals surface area contributed by atoms with Crippen LogP contribution in [0.5, 0.6) is 5.75 Å². The summed E-state index contributed by atoms with van der Waals surface area (Å²) in [4.78, 5) is 5.27. The lowest BCUT2D eigenvalue weighted by atomic mass is 9.29. The number of pyridine rings is 1. The quantitative estimate of drug-likeness (QED) is 0.526. The maximum atomic E-state index is 13.7. The first kappa shape index (κ1) is 24.9. The third kappa shape index (κ3) is 3.96. The van der Waals surface area contributed by atoms with Gasteiger partial charge in [0.05, 0.1) is 22.8 Å². The van der Waals surface area contributed by atoms with Gasteiger partial charge < -0.3 is 25.2 Å². The number of β-amino-alcohol motifs (C(OH)–C–C–N with tert-alkyl or cyclic N) is 1. The van der Waals surface area contributed by atoms with Crippen LogP contribution in [0.4, 0.5) is 32.2 Å². The molecule has 3 heterocycles. The molecule has 12 heteroatoms. The molecule has 35 heavy (non-hydrogen) atoms. The van der Waals surface area contributed by atoms with Crippen molar-refractivity contribution in [1.29, 1.82) is 0 Å². The second-order valence-corrected chi connectivity index (χ2v) is 11.5. The first-order valence-corrected chi connectivity index (χ1v) is 11.7. The van der Waals surface area contributed by atoms with Crippen LogP contribution in [0.2, 0.25) is 0 Å². The Kier molecular flexibility index (Phi) is 5.25. The molecule has 5 aliphatic rings. The van der Waals surface area contributed by atoms with E-state index in [9.17, 15) is 36.6 Å². The first-order valence-electron chi connectivity index (χ1n) is 11.7. The summed E-state index contributed by atoms with van der Waals surface area (Å²) < 4.78 is 86.5. The summed E-state index contributed by atoms with van der Waals surface area (Å²) >= 11 is 0. The fourth-order valence-corrected chi connectivity index (χ4v) is 6.74. The standard InChI is InChI=1S/C23H29F6N3O3/c1-13-4-21(34,19-8-20(9-19,10-19)23(27,28)29)5-14(31-13)7-35-15-3-16(22(24,25)26)17(30-6-15)32-11-18(2,33)12-32/h3,6,13-14,31,33-34H,4-5,7-12H2,1-2H3/t13-,14-,19?,20?,21-/m0/s1. The summed E-state index contributed by atoms with van der Waals surface area (Å²) in [6.07, 6.45) is -7.54. The van der Waals surface area contributed by atoms with Crippen molar-refractivity contribution >= 4 is 5.82 Å². The molecule has 0 radical (unpaired) electrons. The lowest BCUT2D eigenvalue weighted by molar-refractivity contribution is -0.403. The molecule has 0 amide bonds. The molecule has 3 N–H and O–H groups in total. The molecule has 1 aromatic heterocycles. The van der Waals surface area contributed by atoms with E-state index >= 15 is 0 Å². The van der Waals surface area contributed by atoms with Crippen LogP contribution < -0.4 is 15.0 Å². The predicted molar refractivity (Wildman–Crippen MR) is 113 cm³/mol. The number of aromatic nitrogens is 1. The molecule has 6 nitrogen and oxygen atoms in total. The molecule has 3 atom stereocenters. The van der Waals surface area contributed by atoms with Gasteiger partial charge in [0.15, 0.2) is 0 Å². The van der Waals surface area contributed by atoms with Gasteiger partial charge in [0.2, 0.25) is 0 Å². The number of piperidine rings is 1. The van der Waals surface area contributed by atoms with E-state index in [0.717, 1.165) is 6.07 Å². The van der Waals surface area contributed by atoms with E-state index in [-0.39, 0.29) is 63.0 Å². The molecular formula is C23H29F6N3O3. The van der Waals surface area contributed by atoms with Gasteiger partial charge in [0.25, 0.3) is 0 Å². The van der Waals surface area contributed by atoms with Crippen molar-refractivity contribution in [2.75, 3.05) is 24.6 Å². The lowest BCUT2D eigenvalue weighted by Crippen LogP contribution is -2.78. The SMILES string of the molecule is C[C@H]1C[C@@](O)(C23CC(C(F)(F)F)(C2)C3)C[C@@H](COc2cnc(N3CC(C)(O)C3)c(C(F)(F)F)c2)N1. The Labute approximate surface area is 198 Å². The van der Waals surface area contributed by atoms with Crippen molar-refractivity contribution in [3.63, 3.8) is 0 Å². The monoisotopic (exact) mass is 509 g/mol. The van der Waals surface area contributed by atoms with Gasteiger partial charge in [-0.2, -0.15) is 26.3 Å². The van der Waals surface area contributed by atoms with Crippen LogP contribution in [0.3, 0.4) is 0 Å². The summed E-state index contributed by atoms with van der Waals surface area (Å²) in [5, 5.41) is 24.5. The van der Waals surface area contributed by atoms with E-state index in [2.05, 4.69) is 10.3 Å². The number of hydrogen-bond donors (Lipinski definition) is 3. The molecule has 5 fully saturated rings. The van der Waals surface area contributed by atoms with Crippen LogP contribution in [0.1, 0.15) is 51.5 Å². The summed E-state index contributed by atoms with van der Waals surface area (Å²) in [6, 6.07) is 0.227. The van der Waals surface area contributed by atoms with Gasteiger partial charge in [-0.15, -0.1) is 0 Å². The van der Waals surface area contributed by atoms with Crippen molar-refractivity contribution in [2.24, 2.45) is 10.8 Å². The third-order valence-electron chi connectivity index (χ3n) is 8.33. The number of anilines is 1.